The molecule has 2 unspecified atom stereocenters. The van der Waals surface area contributed by atoms with Crippen molar-refractivity contribution in [1.29, 1.82) is 0 Å². The van der Waals surface area contributed by atoms with Crippen molar-refractivity contribution in [3.8, 4) is 0 Å². The highest BCUT2D eigenvalue weighted by atomic mass is 19.4. The standard InChI is InChI=1S/C14H15F3N2O3/c1-2-10(20)8-19-11(21)13(14(15,16)17,18-12(19)22)9-6-4-3-5-7-9/h3-7,10,20H,2,8H2,1H3,(H,18,22). The van der Waals surface area contributed by atoms with Crippen LogP contribution in [0, 0.1) is 0 Å². The SMILES string of the molecule is CCC(O)CN1C(=O)NC(c2ccccc2)(C(F)(F)F)C1=O. The highest BCUT2D eigenvalue weighted by molar-refractivity contribution is 6.08. The van der Waals surface area contributed by atoms with Gasteiger partial charge in [-0.25, -0.2) is 4.79 Å². The fourth-order valence-electron chi connectivity index (χ4n) is 2.32. The lowest BCUT2D eigenvalue weighted by molar-refractivity contribution is -0.198. The Morgan fingerprint density at radius 1 is 1.27 bits per heavy atom. The van der Waals surface area contributed by atoms with Crippen LogP contribution in [0.25, 0.3) is 0 Å². The van der Waals surface area contributed by atoms with Gasteiger partial charge in [-0.05, 0) is 12.0 Å². The molecule has 0 radical (unpaired) electrons. The smallest absolute Gasteiger partial charge is 0.391 e. The first-order valence-electron chi connectivity index (χ1n) is 6.68. The molecule has 3 amide bonds. The molecular weight excluding hydrogens is 301 g/mol. The van der Waals surface area contributed by atoms with Gasteiger partial charge in [-0.1, -0.05) is 37.3 Å². The lowest BCUT2D eigenvalue weighted by atomic mass is 9.89. The van der Waals surface area contributed by atoms with E-state index in [-0.39, 0.29) is 12.0 Å². The molecule has 0 bridgehead atoms. The van der Waals surface area contributed by atoms with Crippen LogP contribution in [0.2, 0.25) is 0 Å². The van der Waals surface area contributed by atoms with Gasteiger partial charge in [0.1, 0.15) is 0 Å². The number of amides is 3. The van der Waals surface area contributed by atoms with Crippen molar-refractivity contribution in [2.24, 2.45) is 0 Å². The van der Waals surface area contributed by atoms with E-state index in [9.17, 15) is 27.9 Å². The van der Waals surface area contributed by atoms with Gasteiger partial charge in [0.25, 0.3) is 5.91 Å². The number of urea groups is 1. The van der Waals surface area contributed by atoms with Gasteiger partial charge in [0.05, 0.1) is 12.6 Å². The Kier molecular flexibility index (Phi) is 4.15. The first kappa shape index (κ1) is 16.3. The van der Waals surface area contributed by atoms with E-state index in [1.807, 2.05) is 0 Å². The van der Waals surface area contributed by atoms with Crippen molar-refractivity contribution in [2.45, 2.75) is 31.2 Å². The number of aliphatic hydroxyl groups is 1. The summed E-state index contributed by atoms with van der Waals surface area (Å²) in [5.74, 6) is -1.43. The van der Waals surface area contributed by atoms with Gasteiger partial charge >= 0.3 is 12.2 Å². The summed E-state index contributed by atoms with van der Waals surface area (Å²) in [6.07, 6.45) is -5.87. The third kappa shape index (κ3) is 2.43. The summed E-state index contributed by atoms with van der Waals surface area (Å²) in [6, 6.07) is 5.31. The van der Waals surface area contributed by atoms with Crippen molar-refractivity contribution in [3.63, 3.8) is 0 Å². The number of hydrogen-bond acceptors (Lipinski definition) is 3. The van der Waals surface area contributed by atoms with Crippen molar-refractivity contribution in [3.05, 3.63) is 35.9 Å². The average Bonchev–Trinajstić information content (AvgIpc) is 2.73. The lowest BCUT2D eigenvalue weighted by Crippen LogP contribution is -2.55. The molecule has 5 nitrogen and oxygen atoms in total. The van der Waals surface area contributed by atoms with E-state index in [4.69, 9.17) is 0 Å². The van der Waals surface area contributed by atoms with Gasteiger partial charge in [0, 0.05) is 0 Å². The topological polar surface area (TPSA) is 69.6 Å². The third-order valence-corrected chi connectivity index (χ3v) is 3.60. The molecule has 2 rings (SSSR count). The van der Waals surface area contributed by atoms with E-state index >= 15 is 0 Å². The molecule has 1 aromatic rings. The molecule has 120 valence electrons. The largest absolute Gasteiger partial charge is 0.425 e. The molecule has 1 fully saturated rings. The van der Waals surface area contributed by atoms with Crippen molar-refractivity contribution in [1.82, 2.24) is 10.2 Å². The molecule has 0 aliphatic carbocycles. The Hall–Kier alpha value is -2.09. The molecule has 2 N–H and O–H groups in total. The molecule has 0 aromatic heterocycles. The Bertz CT molecular complexity index is 576. The van der Waals surface area contributed by atoms with E-state index < -0.39 is 36.3 Å². The van der Waals surface area contributed by atoms with E-state index in [0.29, 0.717) is 4.90 Å². The first-order valence-corrected chi connectivity index (χ1v) is 6.68. The number of rotatable bonds is 4. The van der Waals surface area contributed by atoms with Crippen LogP contribution in [0.15, 0.2) is 30.3 Å². The molecular formula is C14H15F3N2O3. The van der Waals surface area contributed by atoms with Gasteiger partial charge in [-0.15, -0.1) is 0 Å². The highest BCUT2D eigenvalue weighted by Gasteiger charge is 2.68. The number of nitrogens with zero attached hydrogens (tertiary/aromatic N) is 1. The number of carbonyl (C=O) groups is 2. The molecule has 1 heterocycles. The zero-order valence-corrected chi connectivity index (χ0v) is 11.7. The normalized spacial score (nSPS) is 23.6. The number of β-amino-alcohol motifs (C(OH)–C–C–N with tert-alkyl or cyclic N) is 1. The van der Waals surface area contributed by atoms with Crippen LogP contribution in [-0.2, 0) is 10.3 Å². The average molecular weight is 316 g/mol. The van der Waals surface area contributed by atoms with Gasteiger partial charge < -0.3 is 10.4 Å². The van der Waals surface area contributed by atoms with Gasteiger partial charge in [0.15, 0.2) is 0 Å². The van der Waals surface area contributed by atoms with Crippen LogP contribution in [0.5, 0.6) is 0 Å². The van der Waals surface area contributed by atoms with Gasteiger partial charge in [0.2, 0.25) is 5.54 Å². The summed E-state index contributed by atoms with van der Waals surface area (Å²) in [7, 11) is 0. The maximum atomic E-state index is 13.6. The summed E-state index contributed by atoms with van der Waals surface area (Å²) < 4.78 is 40.8. The van der Waals surface area contributed by atoms with Gasteiger partial charge in [-0.2, -0.15) is 13.2 Å². The predicted molar refractivity (Wildman–Crippen MR) is 70.7 cm³/mol. The van der Waals surface area contributed by atoms with E-state index in [0.717, 1.165) is 12.1 Å². The lowest BCUT2D eigenvalue weighted by Gasteiger charge is -2.29. The quantitative estimate of drug-likeness (QED) is 0.832. The molecule has 0 spiro atoms. The number of carbonyl (C=O) groups excluding carboxylic acids is 2. The van der Waals surface area contributed by atoms with Crippen LogP contribution in [0.4, 0.5) is 18.0 Å². The number of hydrogen-bond donors (Lipinski definition) is 2. The minimum absolute atomic E-state index is 0.210. The molecule has 22 heavy (non-hydrogen) atoms. The monoisotopic (exact) mass is 316 g/mol. The van der Waals surface area contributed by atoms with Crippen LogP contribution in [0.3, 0.4) is 0 Å². The minimum atomic E-state index is -5.01. The summed E-state index contributed by atoms with van der Waals surface area (Å²) in [6.45, 7) is 1.11. The molecule has 0 saturated carbocycles. The molecule has 1 saturated heterocycles. The summed E-state index contributed by atoms with van der Waals surface area (Å²) in [5, 5.41) is 11.3. The minimum Gasteiger partial charge on any atom is -0.391 e. The fourth-order valence-corrected chi connectivity index (χ4v) is 2.32. The van der Waals surface area contributed by atoms with Crippen molar-refractivity contribution < 1.29 is 27.9 Å². The zero-order chi connectivity index (χ0) is 16.5. The Balaban J connectivity index is 2.49. The second-order valence-corrected chi connectivity index (χ2v) is 5.02. The molecule has 2 atom stereocenters. The molecule has 1 aromatic carbocycles. The molecule has 8 heteroatoms. The van der Waals surface area contributed by atoms with Crippen LogP contribution in [-0.4, -0.2) is 40.8 Å². The van der Waals surface area contributed by atoms with E-state index in [1.54, 1.807) is 12.2 Å². The fraction of sp³-hybridized carbons (Fsp3) is 0.429. The predicted octanol–water partition coefficient (Wildman–Crippen LogP) is 1.77. The summed E-state index contributed by atoms with van der Waals surface area (Å²) >= 11 is 0. The van der Waals surface area contributed by atoms with Crippen LogP contribution >= 0.6 is 0 Å². The van der Waals surface area contributed by atoms with Gasteiger partial charge in [-0.3, -0.25) is 9.69 Å². The highest BCUT2D eigenvalue weighted by Crippen LogP contribution is 2.43. The van der Waals surface area contributed by atoms with Crippen LogP contribution < -0.4 is 5.32 Å². The number of aliphatic hydroxyl groups excluding tert-OH is 1. The number of alkyl halides is 3. The second kappa shape index (κ2) is 5.60. The van der Waals surface area contributed by atoms with E-state index in [1.165, 1.54) is 18.2 Å². The van der Waals surface area contributed by atoms with Crippen molar-refractivity contribution >= 4 is 11.9 Å². The number of halogens is 3. The second-order valence-electron chi connectivity index (χ2n) is 5.02. The Morgan fingerprint density at radius 3 is 2.36 bits per heavy atom. The Labute approximate surface area is 124 Å². The number of imide groups is 1. The molecule has 1 aliphatic heterocycles. The summed E-state index contributed by atoms with van der Waals surface area (Å²) in [4.78, 5) is 24.6. The number of nitrogens with one attached hydrogen (secondary N) is 1. The maximum absolute atomic E-state index is 13.6. The zero-order valence-electron chi connectivity index (χ0n) is 11.7. The molecule has 1 aliphatic rings. The summed E-state index contributed by atoms with van der Waals surface area (Å²) in [5.41, 5.74) is -3.48. The van der Waals surface area contributed by atoms with E-state index in [2.05, 4.69) is 0 Å². The third-order valence-electron chi connectivity index (χ3n) is 3.60. The number of benzene rings is 1. The maximum Gasteiger partial charge on any atom is 0.425 e. The first-order chi connectivity index (χ1) is 10.2. The Morgan fingerprint density at radius 2 is 1.86 bits per heavy atom. The van der Waals surface area contributed by atoms with Crippen LogP contribution in [0.1, 0.15) is 18.9 Å². The van der Waals surface area contributed by atoms with Crippen molar-refractivity contribution in [2.75, 3.05) is 6.54 Å².